The van der Waals surface area contributed by atoms with Crippen LogP contribution in [0.2, 0.25) is 5.02 Å². The van der Waals surface area contributed by atoms with Crippen LogP contribution in [0, 0.1) is 10.1 Å². The molecule has 1 aromatic rings. The largest absolute Gasteiger partial charge is 0.311 e. The van der Waals surface area contributed by atoms with Crippen molar-refractivity contribution in [2.24, 2.45) is 0 Å². The third kappa shape index (κ3) is 5.45. The molecule has 5 nitrogen and oxygen atoms in total. The van der Waals surface area contributed by atoms with Crippen molar-refractivity contribution in [1.82, 2.24) is 10.2 Å². The van der Waals surface area contributed by atoms with E-state index in [2.05, 4.69) is 24.1 Å². The van der Waals surface area contributed by atoms with E-state index >= 15 is 0 Å². The van der Waals surface area contributed by atoms with E-state index in [1.165, 1.54) is 6.07 Å². The maximum Gasteiger partial charge on any atom is 0.275 e. The van der Waals surface area contributed by atoms with Gasteiger partial charge in [-0.1, -0.05) is 25.4 Å². The van der Waals surface area contributed by atoms with Crippen LogP contribution in [0.5, 0.6) is 0 Å². The fourth-order valence-corrected chi connectivity index (χ4v) is 2.23. The summed E-state index contributed by atoms with van der Waals surface area (Å²) < 4.78 is 0. The molecule has 0 fully saturated rings. The molecule has 0 saturated heterocycles. The van der Waals surface area contributed by atoms with Crippen LogP contribution in [-0.4, -0.2) is 36.0 Å². The Morgan fingerprint density at radius 1 is 1.35 bits per heavy atom. The molecule has 1 rings (SSSR count). The molecule has 0 heterocycles. The highest BCUT2D eigenvalue weighted by molar-refractivity contribution is 6.30. The zero-order valence-electron chi connectivity index (χ0n) is 12.1. The van der Waals surface area contributed by atoms with Crippen molar-refractivity contribution in [2.45, 2.75) is 26.8 Å². The first-order chi connectivity index (χ1) is 9.58. The van der Waals surface area contributed by atoms with E-state index in [1.54, 1.807) is 12.1 Å². The van der Waals surface area contributed by atoms with E-state index in [4.69, 9.17) is 11.6 Å². The van der Waals surface area contributed by atoms with Gasteiger partial charge in [0.15, 0.2) is 0 Å². The van der Waals surface area contributed by atoms with Gasteiger partial charge in [-0.05, 0) is 31.6 Å². The Morgan fingerprint density at radius 3 is 2.70 bits per heavy atom. The van der Waals surface area contributed by atoms with Crippen LogP contribution >= 0.6 is 11.6 Å². The number of likely N-dealkylation sites (N-methyl/N-ethyl adjacent to an activating group) is 1. The van der Waals surface area contributed by atoms with Gasteiger partial charge < -0.3 is 10.2 Å². The van der Waals surface area contributed by atoms with Crippen LogP contribution in [0.25, 0.3) is 0 Å². The van der Waals surface area contributed by atoms with Gasteiger partial charge in [0.05, 0.1) is 4.92 Å². The summed E-state index contributed by atoms with van der Waals surface area (Å²) in [5, 5.41) is 14.6. The summed E-state index contributed by atoms with van der Waals surface area (Å²) in [4.78, 5) is 12.9. The van der Waals surface area contributed by atoms with Gasteiger partial charge in [0.1, 0.15) is 0 Å². The SMILES string of the molecule is CCCN(CC)CCNCc1ccc(Cl)cc1[N+](=O)[O-]. The Labute approximate surface area is 125 Å². The summed E-state index contributed by atoms with van der Waals surface area (Å²) in [5.41, 5.74) is 0.740. The second kappa shape index (κ2) is 8.89. The first kappa shape index (κ1) is 16.9. The second-order valence-electron chi connectivity index (χ2n) is 4.64. The predicted octanol–water partition coefficient (Wildman–Crippen LogP) is 3.07. The van der Waals surface area contributed by atoms with Crippen LogP contribution in [-0.2, 0) is 6.54 Å². The molecule has 0 amide bonds. The van der Waals surface area contributed by atoms with Crippen LogP contribution in [0.15, 0.2) is 18.2 Å². The molecule has 0 aliphatic rings. The fourth-order valence-electron chi connectivity index (χ4n) is 2.06. The number of hydrogen-bond acceptors (Lipinski definition) is 4. The standard InChI is InChI=1S/C14H22ClN3O2/c1-3-8-17(4-2)9-7-16-11-12-5-6-13(15)10-14(12)18(19)20/h5-6,10,16H,3-4,7-9,11H2,1-2H3. The molecule has 112 valence electrons. The summed E-state index contributed by atoms with van der Waals surface area (Å²) in [6, 6.07) is 4.78. The maximum absolute atomic E-state index is 11.0. The van der Waals surface area contributed by atoms with E-state index in [0.29, 0.717) is 17.1 Å². The molecule has 0 aliphatic carbocycles. The Morgan fingerprint density at radius 2 is 2.10 bits per heavy atom. The molecule has 1 aromatic carbocycles. The summed E-state index contributed by atoms with van der Waals surface area (Å²) in [7, 11) is 0. The third-order valence-corrected chi connectivity index (χ3v) is 3.39. The number of nitro groups is 1. The van der Waals surface area contributed by atoms with Gasteiger partial charge in [-0.15, -0.1) is 0 Å². The Kier molecular flexibility index (Phi) is 7.51. The molecular weight excluding hydrogens is 278 g/mol. The molecule has 0 bridgehead atoms. The molecular formula is C14H22ClN3O2. The lowest BCUT2D eigenvalue weighted by Gasteiger charge is -2.19. The predicted molar refractivity (Wildman–Crippen MR) is 82.2 cm³/mol. The normalized spacial score (nSPS) is 11.0. The number of rotatable bonds is 9. The van der Waals surface area contributed by atoms with Gasteiger partial charge in [0, 0.05) is 36.3 Å². The van der Waals surface area contributed by atoms with Gasteiger partial charge in [0.2, 0.25) is 0 Å². The van der Waals surface area contributed by atoms with Crippen LogP contribution in [0.3, 0.4) is 0 Å². The van der Waals surface area contributed by atoms with Gasteiger partial charge in [-0.25, -0.2) is 0 Å². The van der Waals surface area contributed by atoms with Crippen molar-refractivity contribution in [3.8, 4) is 0 Å². The molecule has 0 saturated carbocycles. The van der Waals surface area contributed by atoms with Gasteiger partial charge in [-0.2, -0.15) is 0 Å². The minimum atomic E-state index is -0.391. The summed E-state index contributed by atoms with van der Waals surface area (Å²) in [5.74, 6) is 0. The molecule has 0 radical (unpaired) electrons. The number of nitro benzene ring substituents is 1. The topological polar surface area (TPSA) is 58.4 Å². The summed E-state index contributed by atoms with van der Waals surface area (Å²) >= 11 is 5.79. The number of halogens is 1. The number of benzene rings is 1. The Bertz CT molecular complexity index is 440. The number of nitrogens with one attached hydrogen (secondary N) is 1. The first-order valence-electron chi connectivity index (χ1n) is 6.94. The molecule has 0 atom stereocenters. The van der Waals surface area contributed by atoms with Crippen LogP contribution < -0.4 is 5.32 Å². The van der Waals surface area contributed by atoms with Crippen molar-refractivity contribution in [3.63, 3.8) is 0 Å². The smallest absolute Gasteiger partial charge is 0.275 e. The van der Waals surface area contributed by atoms with E-state index < -0.39 is 4.92 Å². The molecule has 0 aliphatic heterocycles. The average Bonchev–Trinajstić information content (AvgIpc) is 2.43. The lowest BCUT2D eigenvalue weighted by atomic mass is 10.2. The Balaban J connectivity index is 2.48. The van der Waals surface area contributed by atoms with Crippen LogP contribution in [0.4, 0.5) is 5.69 Å². The van der Waals surface area contributed by atoms with Crippen LogP contribution in [0.1, 0.15) is 25.8 Å². The molecule has 6 heteroatoms. The monoisotopic (exact) mass is 299 g/mol. The highest BCUT2D eigenvalue weighted by Crippen LogP contribution is 2.22. The fraction of sp³-hybridized carbons (Fsp3) is 0.571. The third-order valence-electron chi connectivity index (χ3n) is 3.15. The van der Waals surface area contributed by atoms with Crippen molar-refractivity contribution < 1.29 is 4.92 Å². The summed E-state index contributed by atoms with van der Waals surface area (Å²) in [6.45, 7) is 8.65. The Hall–Kier alpha value is -1.17. The van der Waals surface area contributed by atoms with Gasteiger partial charge >= 0.3 is 0 Å². The average molecular weight is 300 g/mol. The van der Waals surface area contributed by atoms with Crippen molar-refractivity contribution >= 4 is 17.3 Å². The van der Waals surface area contributed by atoms with Crippen molar-refractivity contribution in [3.05, 3.63) is 38.9 Å². The van der Waals surface area contributed by atoms with E-state index in [1.807, 2.05) is 0 Å². The zero-order chi connectivity index (χ0) is 15.0. The lowest BCUT2D eigenvalue weighted by molar-refractivity contribution is -0.385. The quantitative estimate of drug-likeness (QED) is 0.432. The van der Waals surface area contributed by atoms with Gasteiger partial charge in [0.25, 0.3) is 5.69 Å². The minimum absolute atomic E-state index is 0.0749. The molecule has 20 heavy (non-hydrogen) atoms. The highest BCUT2D eigenvalue weighted by Gasteiger charge is 2.13. The van der Waals surface area contributed by atoms with E-state index in [9.17, 15) is 10.1 Å². The highest BCUT2D eigenvalue weighted by atomic mass is 35.5. The summed E-state index contributed by atoms with van der Waals surface area (Å²) in [6.07, 6.45) is 1.14. The lowest BCUT2D eigenvalue weighted by Crippen LogP contribution is -2.32. The zero-order valence-corrected chi connectivity index (χ0v) is 12.8. The van der Waals surface area contributed by atoms with E-state index in [-0.39, 0.29) is 5.69 Å². The van der Waals surface area contributed by atoms with Crippen molar-refractivity contribution in [1.29, 1.82) is 0 Å². The molecule has 1 N–H and O–H groups in total. The second-order valence-corrected chi connectivity index (χ2v) is 5.08. The molecule has 0 unspecified atom stereocenters. The van der Waals surface area contributed by atoms with E-state index in [0.717, 1.165) is 32.6 Å². The number of hydrogen-bond donors (Lipinski definition) is 1. The first-order valence-corrected chi connectivity index (χ1v) is 7.32. The molecule has 0 spiro atoms. The van der Waals surface area contributed by atoms with Crippen molar-refractivity contribution in [2.75, 3.05) is 26.2 Å². The maximum atomic E-state index is 11.0. The molecule has 0 aromatic heterocycles. The number of nitrogens with zero attached hydrogens (tertiary/aromatic N) is 2. The minimum Gasteiger partial charge on any atom is -0.311 e. The van der Waals surface area contributed by atoms with Gasteiger partial charge in [-0.3, -0.25) is 10.1 Å².